The Balaban J connectivity index is 1.42. The van der Waals surface area contributed by atoms with Crippen LogP contribution in [-0.4, -0.2) is 73.1 Å². The maximum absolute atomic E-state index is 13.9. The number of halogens is 2. The van der Waals surface area contributed by atoms with Crippen molar-refractivity contribution in [1.82, 2.24) is 14.1 Å². The first-order chi connectivity index (χ1) is 13.8. The molecule has 4 rings (SSSR count). The van der Waals surface area contributed by atoms with Crippen molar-refractivity contribution in [3.05, 3.63) is 29.8 Å². The molecule has 2 saturated heterocycles. The van der Waals surface area contributed by atoms with Gasteiger partial charge in [0, 0.05) is 38.6 Å². The van der Waals surface area contributed by atoms with Crippen LogP contribution in [-0.2, 0) is 19.6 Å². The van der Waals surface area contributed by atoms with Crippen LogP contribution in [0, 0.1) is 17.6 Å². The lowest BCUT2D eigenvalue weighted by Crippen LogP contribution is -2.55. The zero-order valence-corrected chi connectivity index (χ0v) is 16.7. The summed E-state index contributed by atoms with van der Waals surface area (Å²) in [6.07, 6.45) is 3.15. The zero-order valence-electron chi connectivity index (χ0n) is 15.9. The van der Waals surface area contributed by atoms with Crippen LogP contribution in [0.5, 0.6) is 0 Å². The van der Waals surface area contributed by atoms with Crippen molar-refractivity contribution in [2.24, 2.45) is 5.92 Å². The van der Waals surface area contributed by atoms with Crippen LogP contribution >= 0.6 is 0 Å². The Labute approximate surface area is 168 Å². The molecule has 2 aliphatic heterocycles. The van der Waals surface area contributed by atoms with Gasteiger partial charge in [-0.05, 0) is 43.9 Å². The second-order valence-electron chi connectivity index (χ2n) is 7.77. The van der Waals surface area contributed by atoms with E-state index in [0.717, 1.165) is 35.7 Å². The fourth-order valence-corrected chi connectivity index (χ4v) is 5.52. The van der Waals surface area contributed by atoms with E-state index in [4.69, 9.17) is 0 Å². The van der Waals surface area contributed by atoms with Crippen LogP contribution in [0.15, 0.2) is 23.1 Å². The Morgan fingerprint density at radius 2 is 1.62 bits per heavy atom. The number of nitrogens with zero attached hydrogens (tertiary/aromatic N) is 3. The third-order valence-corrected chi connectivity index (χ3v) is 7.72. The molecule has 2 amide bonds. The molecule has 158 valence electrons. The summed E-state index contributed by atoms with van der Waals surface area (Å²) in [5.74, 6) is -1.91. The number of benzene rings is 1. The van der Waals surface area contributed by atoms with Gasteiger partial charge in [0.2, 0.25) is 21.8 Å². The third kappa shape index (κ3) is 3.87. The summed E-state index contributed by atoms with van der Waals surface area (Å²) in [7, 11) is -4.19. The molecule has 1 aliphatic carbocycles. The molecule has 3 fully saturated rings. The lowest BCUT2D eigenvalue weighted by molar-refractivity contribution is -0.145. The quantitative estimate of drug-likeness (QED) is 0.724. The molecule has 1 aromatic rings. The molecule has 2 heterocycles. The molecule has 0 N–H and O–H groups in total. The lowest BCUT2D eigenvalue weighted by Gasteiger charge is -2.36. The molecule has 29 heavy (non-hydrogen) atoms. The fourth-order valence-electron chi connectivity index (χ4n) is 4.03. The molecule has 0 radical (unpaired) electrons. The number of carbonyl (C=O) groups excluding carboxylic acids is 2. The Morgan fingerprint density at radius 3 is 2.28 bits per heavy atom. The number of hydrogen-bond donors (Lipinski definition) is 0. The van der Waals surface area contributed by atoms with Gasteiger partial charge in [-0.2, -0.15) is 4.31 Å². The average molecular weight is 427 g/mol. The van der Waals surface area contributed by atoms with Crippen molar-refractivity contribution in [2.75, 3.05) is 32.7 Å². The highest BCUT2D eigenvalue weighted by molar-refractivity contribution is 7.89. The number of rotatable bonds is 4. The van der Waals surface area contributed by atoms with Crippen molar-refractivity contribution in [1.29, 1.82) is 0 Å². The maximum Gasteiger partial charge on any atom is 0.246 e. The highest BCUT2D eigenvalue weighted by Crippen LogP contribution is 2.34. The topological polar surface area (TPSA) is 78.0 Å². The molecule has 10 heteroatoms. The standard InChI is InChI=1S/C19H23F2N3O4S/c20-14-5-6-15(21)17(12-14)29(27,28)23-10-8-22(9-11-23)19(26)16-2-1-7-24(16)18(25)13-3-4-13/h5-6,12-13,16H,1-4,7-11H2. The Kier molecular flexibility index (Phi) is 5.32. The van der Waals surface area contributed by atoms with Crippen LogP contribution in [0.4, 0.5) is 8.78 Å². The molecule has 0 bridgehead atoms. The van der Waals surface area contributed by atoms with Crippen molar-refractivity contribution >= 4 is 21.8 Å². The minimum atomic E-state index is -4.19. The zero-order chi connectivity index (χ0) is 20.8. The SMILES string of the molecule is O=C(C1CCCN1C(=O)C1CC1)N1CCN(S(=O)(=O)c2cc(F)ccc2F)CC1. The van der Waals surface area contributed by atoms with Crippen LogP contribution in [0.2, 0.25) is 0 Å². The maximum atomic E-state index is 13.9. The number of carbonyl (C=O) groups is 2. The molecule has 1 atom stereocenters. The van der Waals surface area contributed by atoms with Crippen LogP contribution < -0.4 is 0 Å². The second kappa shape index (κ2) is 7.64. The van der Waals surface area contributed by atoms with E-state index in [2.05, 4.69) is 0 Å². The molecular formula is C19H23F2N3O4S. The van der Waals surface area contributed by atoms with E-state index >= 15 is 0 Å². The predicted octanol–water partition coefficient (Wildman–Crippen LogP) is 1.20. The van der Waals surface area contributed by atoms with Crippen molar-refractivity contribution < 1.29 is 26.8 Å². The average Bonchev–Trinajstić information content (AvgIpc) is 3.45. The number of amides is 2. The normalized spacial score (nSPS) is 23.4. The molecule has 0 spiro atoms. The van der Waals surface area contributed by atoms with Gasteiger partial charge in [-0.15, -0.1) is 0 Å². The molecular weight excluding hydrogens is 404 g/mol. The van der Waals surface area contributed by atoms with Gasteiger partial charge < -0.3 is 9.80 Å². The monoisotopic (exact) mass is 427 g/mol. The highest BCUT2D eigenvalue weighted by atomic mass is 32.2. The summed E-state index contributed by atoms with van der Waals surface area (Å²) in [4.78, 5) is 27.9. The predicted molar refractivity (Wildman–Crippen MR) is 99.2 cm³/mol. The lowest BCUT2D eigenvalue weighted by atomic mass is 10.1. The number of sulfonamides is 1. The summed E-state index contributed by atoms with van der Waals surface area (Å²) in [5.41, 5.74) is 0. The summed E-state index contributed by atoms with van der Waals surface area (Å²) >= 11 is 0. The molecule has 0 aromatic heterocycles. The Hall–Kier alpha value is -2.07. The molecule has 1 saturated carbocycles. The van der Waals surface area contributed by atoms with Crippen LogP contribution in [0.3, 0.4) is 0 Å². The minimum absolute atomic E-state index is 0.00663. The van der Waals surface area contributed by atoms with Crippen molar-refractivity contribution in [2.45, 2.75) is 36.6 Å². The van der Waals surface area contributed by atoms with Crippen LogP contribution in [0.1, 0.15) is 25.7 Å². The number of piperazine rings is 1. The minimum Gasteiger partial charge on any atom is -0.338 e. The van der Waals surface area contributed by atoms with E-state index in [0.29, 0.717) is 19.0 Å². The van der Waals surface area contributed by atoms with E-state index in [1.807, 2.05) is 0 Å². The van der Waals surface area contributed by atoms with E-state index in [-0.39, 0.29) is 43.9 Å². The van der Waals surface area contributed by atoms with Gasteiger partial charge in [-0.1, -0.05) is 0 Å². The van der Waals surface area contributed by atoms with Gasteiger partial charge in [0.15, 0.2) is 0 Å². The summed E-state index contributed by atoms with van der Waals surface area (Å²) in [5, 5.41) is 0. The van der Waals surface area contributed by atoms with E-state index in [9.17, 15) is 26.8 Å². The van der Waals surface area contributed by atoms with Gasteiger partial charge in [-0.3, -0.25) is 9.59 Å². The Morgan fingerprint density at radius 1 is 0.931 bits per heavy atom. The van der Waals surface area contributed by atoms with Gasteiger partial charge in [0.1, 0.15) is 22.6 Å². The summed E-state index contributed by atoms with van der Waals surface area (Å²) in [6.45, 7) is 0.869. The largest absolute Gasteiger partial charge is 0.338 e. The second-order valence-corrected chi connectivity index (χ2v) is 9.67. The third-order valence-electron chi connectivity index (χ3n) is 5.81. The van der Waals surface area contributed by atoms with Gasteiger partial charge >= 0.3 is 0 Å². The first-order valence-electron chi connectivity index (χ1n) is 9.83. The van der Waals surface area contributed by atoms with E-state index < -0.39 is 32.6 Å². The molecule has 3 aliphatic rings. The van der Waals surface area contributed by atoms with Gasteiger partial charge in [0.05, 0.1) is 0 Å². The smallest absolute Gasteiger partial charge is 0.246 e. The first-order valence-corrected chi connectivity index (χ1v) is 11.3. The molecule has 1 unspecified atom stereocenters. The van der Waals surface area contributed by atoms with Crippen molar-refractivity contribution in [3.63, 3.8) is 0 Å². The summed E-state index contributed by atoms with van der Waals surface area (Å²) in [6, 6.07) is 1.84. The number of likely N-dealkylation sites (tertiary alicyclic amines) is 1. The van der Waals surface area contributed by atoms with Gasteiger partial charge in [-0.25, -0.2) is 17.2 Å². The highest BCUT2D eigenvalue weighted by Gasteiger charge is 2.43. The van der Waals surface area contributed by atoms with Gasteiger partial charge in [0.25, 0.3) is 0 Å². The first kappa shape index (κ1) is 20.2. The van der Waals surface area contributed by atoms with E-state index in [1.54, 1.807) is 9.80 Å². The fraction of sp³-hybridized carbons (Fsp3) is 0.579. The number of hydrogen-bond acceptors (Lipinski definition) is 4. The van der Waals surface area contributed by atoms with Crippen LogP contribution in [0.25, 0.3) is 0 Å². The van der Waals surface area contributed by atoms with E-state index in [1.165, 1.54) is 0 Å². The Bertz CT molecular complexity index is 927. The molecule has 1 aromatic carbocycles. The van der Waals surface area contributed by atoms with Crippen molar-refractivity contribution in [3.8, 4) is 0 Å². The summed E-state index contributed by atoms with van der Waals surface area (Å²) < 4.78 is 53.8. The molecule has 7 nitrogen and oxygen atoms in total.